The zero-order valence-electron chi connectivity index (χ0n) is 47.0. The molecule has 0 saturated carbocycles. The van der Waals surface area contributed by atoms with Crippen molar-refractivity contribution >= 4 is 70.5 Å². The van der Waals surface area contributed by atoms with Crippen LogP contribution in [0, 0.1) is 5.92 Å². The summed E-state index contributed by atoms with van der Waals surface area (Å²) in [5.74, 6) is -9.33. The van der Waals surface area contributed by atoms with Crippen molar-refractivity contribution in [3.63, 3.8) is 0 Å². The predicted molar refractivity (Wildman–Crippen MR) is 304 cm³/mol. The first kappa shape index (κ1) is 62.2. The Labute approximate surface area is 496 Å². The zero-order chi connectivity index (χ0) is 61.7. The third kappa shape index (κ3) is 13.2. The zero-order valence-corrected chi connectivity index (χ0v) is 48.6. The van der Waals surface area contributed by atoms with Crippen LogP contribution in [-0.2, 0) is 43.1 Å². The first-order valence-electron chi connectivity index (χ1n) is 26.4. The van der Waals surface area contributed by atoms with Crippen molar-refractivity contribution in [3.05, 3.63) is 117 Å². The number of amides is 7. The maximum absolute atomic E-state index is 15.7. The lowest BCUT2D eigenvalue weighted by Gasteiger charge is -2.32. The summed E-state index contributed by atoms with van der Waals surface area (Å²) in [6, 6.07) is 5.14. The lowest BCUT2D eigenvalue weighted by Crippen LogP contribution is -2.59. The highest BCUT2D eigenvalue weighted by Crippen LogP contribution is 2.48. The van der Waals surface area contributed by atoms with E-state index in [-0.39, 0.29) is 101 Å². The molecule has 7 amide bonds. The first-order valence-corrected chi connectivity index (χ1v) is 27.1. The van der Waals surface area contributed by atoms with Crippen molar-refractivity contribution in [2.45, 2.75) is 81.2 Å². The molecule has 10 rings (SSSR count). The number of halogens is 2. The minimum atomic E-state index is -2.04. The Bertz CT molecular complexity index is 3480. The number of hydrogen-bond donors (Lipinski definition) is 10. The quantitative estimate of drug-likeness (QED) is 0.0796. The molecule has 11 bridgehead atoms. The Morgan fingerprint density at radius 3 is 1.78 bits per heavy atom. The number of primary amides is 1. The average molecular weight is 1210 g/mol. The van der Waals surface area contributed by atoms with Gasteiger partial charge in [-0.2, -0.15) is 0 Å². The first-order chi connectivity index (χ1) is 40.5. The van der Waals surface area contributed by atoms with Gasteiger partial charge in [-0.25, -0.2) is 4.79 Å². The molecule has 0 aliphatic carbocycles. The predicted octanol–water partition coefficient (Wildman–Crippen LogP) is 3.70. The summed E-state index contributed by atoms with van der Waals surface area (Å²) in [6.07, 6.45) is -4.50. The topological polar surface area (TPSA) is 352 Å². The van der Waals surface area contributed by atoms with Crippen molar-refractivity contribution in [1.29, 1.82) is 0 Å². The van der Waals surface area contributed by atoms with Crippen molar-refractivity contribution in [3.8, 4) is 57.1 Å². The molecule has 5 aliphatic rings. The number of aliphatic hydroxyl groups is 2. The number of likely N-dealkylation sites (N-methyl/N-ethyl adjacent to an activating group) is 1. The average Bonchev–Trinajstić information content (AvgIpc) is 1.61. The van der Waals surface area contributed by atoms with Crippen LogP contribution in [-0.4, -0.2) is 124 Å². The van der Waals surface area contributed by atoms with Crippen molar-refractivity contribution in [2.75, 3.05) is 42.6 Å². The van der Waals surface area contributed by atoms with Gasteiger partial charge in [0.2, 0.25) is 47.1 Å². The van der Waals surface area contributed by atoms with Gasteiger partial charge >= 0.3 is 5.97 Å². The van der Waals surface area contributed by atoms with Gasteiger partial charge in [0.1, 0.15) is 71.2 Å². The fourth-order valence-corrected chi connectivity index (χ4v) is 10.5. The standard InChI is InChI=1S/C58H62Cl2N8O17/c1-24(2)15-34(62-3)52(72)67-47-49(70)26-10-13-37(32(59)17-26)84-40-19-28-20-41(51(40)82-7)85-38-14-11-27(18-33(38)60)50(71)48-57(77)66-46(58(78)83-8)31-21-29(79-4)22-39(81-6)43(31)30-16-25(9-12-36(30)80-5)44(54(74)68-48)65-55(75)45(28)64-53(73)35(23-42(61)69)63-56(47)76/h9-14,16-22,24,34-35,44-50,62,70-71H,15,23H2,1-8H3,(H2,61,69)(H,63,76)(H,64,73)(H,65,75)(H,66,77)(H,67,72)(H,68,74)/t34-,35+,44-,45-,46-,47-,48+,49-,50-/m1/s1. The molecule has 0 aromatic heterocycles. The van der Waals surface area contributed by atoms with Crippen molar-refractivity contribution < 1.29 is 81.7 Å². The van der Waals surface area contributed by atoms with Gasteiger partial charge in [-0.1, -0.05) is 55.2 Å². The SMILES string of the molecule is CN[C@H](CC(C)C)C(=O)N[C@H]1C(=O)N[C@@H](CC(N)=O)C(=O)N[C@H]2C(=O)N[C@H]3C(=O)N[C@H](C(=O)N[C@@H](C(=O)OC)c4cc(OC)cc(OC)c4-c4cc3ccc4OC)[C@H](O)c3ccc(c(Cl)c3)Oc3cc2cc(c3OC)Oc2ccc(cc2Cl)[C@H]1O. The van der Waals surface area contributed by atoms with Gasteiger partial charge in [0.05, 0.1) is 58.1 Å². The van der Waals surface area contributed by atoms with Crippen LogP contribution in [0.15, 0.2) is 78.9 Å². The van der Waals surface area contributed by atoms with Gasteiger partial charge in [0.25, 0.3) is 0 Å². The van der Waals surface area contributed by atoms with Crippen LogP contribution in [0.2, 0.25) is 10.0 Å². The number of esters is 1. The van der Waals surface area contributed by atoms with Crippen LogP contribution in [0.4, 0.5) is 0 Å². The summed E-state index contributed by atoms with van der Waals surface area (Å²) in [5, 5.41) is 42.2. The number of methoxy groups -OCH3 is 5. The van der Waals surface area contributed by atoms with E-state index in [1.807, 2.05) is 13.8 Å². The summed E-state index contributed by atoms with van der Waals surface area (Å²) in [5.41, 5.74) is 5.66. The number of hydrogen-bond acceptors (Lipinski definition) is 18. The lowest BCUT2D eigenvalue weighted by molar-refractivity contribution is -0.146. The molecular formula is C58H62Cl2N8O17. The third-order valence-electron chi connectivity index (χ3n) is 14.3. The van der Waals surface area contributed by atoms with E-state index >= 15 is 14.4 Å². The summed E-state index contributed by atoms with van der Waals surface area (Å²) >= 11 is 13.8. The van der Waals surface area contributed by atoms with E-state index in [0.29, 0.717) is 6.42 Å². The number of rotatable bonds is 12. The van der Waals surface area contributed by atoms with E-state index in [1.165, 1.54) is 114 Å². The van der Waals surface area contributed by atoms with Crippen LogP contribution in [0.3, 0.4) is 0 Å². The number of carbonyl (C=O) groups is 8. The highest BCUT2D eigenvalue weighted by molar-refractivity contribution is 6.32. The number of carbonyl (C=O) groups excluding carboxylic acids is 8. The molecule has 0 fully saturated rings. The van der Waals surface area contributed by atoms with Crippen LogP contribution in [0.25, 0.3) is 11.1 Å². The second-order valence-electron chi connectivity index (χ2n) is 20.3. The molecule has 5 aliphatic heterocycles. The van der Waals surface area contributed by atoms with Crippen LogP contribution in [0.1, 0.15) is 84.8 Å². The van der Waals surface area contributed by atoms with Crippen LogP contribution in [0.5, 0.6) is 46.0 Å². The Balaban J connectivity index is 1.39. The second-order valence-corrected chi connectivity index (χ2v) is 21.1. The Hall–Kier alpha value is -8.88. The van der Waals surface area contributed by atoms with E-state index in [2.05, 4.69) is 37.2 Å². The molecule has 11 N–H and O–H groups in total. The molecule has 9 atom stereocenters. The Morgan fingerprint density at radius 2 is 1.22 bits per heavy atom. The molecule has 0 radical (unpaired) electrons. The third-order valence-corrected chi connectivity index (χ3v) is 14.9. The van der Waals surface area contributed by atoms with Gasteiger partial charge < -0.3 is 86.3 Å². The molecule has 0 saturated heterocycles. The number of aliphatic hydroxyl groups excluding tert-OH is 2. The highest BCUT2D eigenvalue weighted by Gasteiger charge is 2.42. The molecule has 450 valence electrons. The number of fused-ring (bicyclic) bond motifs is 15. The summed E-state index contributed by atoms with van der Waals surface area (Å²) in [4.78, 5) is 116. The molecule has 0 unspecified atom stereocenters. The summed E-state index contributed by atoms with van der Waals surface area (Å²) in [6.45, 7) is 3.74. The van der Waals surface area contributed by atoms with Crippen molar-refractivity contribution in [2.24, 2.45) is 11.7 Å². The fourth-order valence-electron chi connectivity index (χ4n) is 10.1. The van der Waals surface area contributed by atoms with Crippen molar-refractivity contribution in [1.82, 2.24) is 37.2 Å². The maximum atomic E-state index is 15.7. The molecular weight excluding hydrogens is 1150 g/mol. The van der Waals surface area contributed by atoms with E-state index in [4.69, 9.17) is 62.1 Å². The summed E-state index contributed by atoms with van der Waals surface area (Å²) < 4.78 is 41.2. The van der Waals surface area contributed by atoms with E-state index < -0.39 is 108 Å². The van der Waals surface area contributed by atoms with E-state index in [0.717, 1.165) is 7.11 Å². The minimum Gasteiger partial charge on any atom is -0.497 e. The van der Waals surface area contributed by atoms with E-state index in [1.54, 1.807) is 0 Å². The van der Waals surface area contributed by atoms with E-state index in [9.17, 15) is 34.2 Å². The van der Waals surface area contributed by atoms with Crippen LogP contribution < -0.4 is 71.4 Å². The molecule has 5 aromatic rings. The van der Waals surface area contributed by atoms with Crippen LogP contribution >= 0.6 is 23.2 Å². The summed E-state index contributed by atoms with van der Waals surface area (Å²) in [7, 11) is 7.89. The Morgan fingerprint density at radius 1 is 0.635 bits per heavy atom. The highest BCUT2D eigenvalue weighted by atomic mass is 35.5. The lowest BCUT2D eigenvalue weighted by atomic mass is 9.89. The smallest absolute Gasteiger partial charge is 0.333 e. The van der Waals surface area contributed by atoms with Gasteiger partial charge in [0, 0.05) is 22.8 Å². The molecule has 85 heavy (non-hydrogen) atoms. The van der Waals surface area contributed by atoms with Gasteiger partial charge in [-0.05, 0) is 96.2 Å². The number of ether oxygens (including phenoxy) is 7. The van der Waals surface area contributed by atoms with Gasteiger partial charge in [0.15, 0.2) is 17.5 Å². The van der Waals surface area contributed by atoms with Gasteiger partial charge in [-0.3, -0.25) is 33.6 Å². The molecule has 5 aromatic carbocycles. The maximum Gasteiger partial charge on any atom is 0.333 e. The number of benzene rings is 5. The number of nitrogens with one attached hydrogen (secondary N) is 7. The van der Waals surface area contributed by atoms with Gasteiger partial charge in [-0.15, -0.1) is 0 Å². The molecule has 5 heterocycles. The molecule has 25 nitrogen and oxygen atoms in total. The monoisotopic (exact) mass is 1210 g/mol. The number of nitrogens with two attached hydrogens (primary N) is 1. The molecule has 0 spiro atoms. The second kappa shape index (κ2) is 26.4. The molecule has 27 heteroatoms. The Kier molecular flexibility index (Phi) is 19.3. The largest absolute Gasteiger partial charge is 0.497 e. The minimum absolute atomic E-state index is 0.0100. The fraction of sp³-hybridized carbons (Fsp3) is 0.345. The normalized spacial score (nSPS) is 21.6.